The third kappa shape index (κ3) is 3.16. The van der Waals surface area contributed by atoms with Crippen LogP contribution in [0, 0.1) is 10.1 Å². The Morgan fingerprint density at radius 1 is 1.59 bits per heavy atom. The van der Waals surface area contributed by atoms with E-state index in [-0.39, 0.29) is 28.9 Å². The second-order valence-electron chi connectivity index (χ2n) is 3.21. The molecule has 0 fully saturated rings. The van der Waals surface area contributed by atoms with Gasteiger partial charge in [-0.05, 0) is 34.5 Å². The molecule has 7 heteroatoms. The fraction of sp³-hybridized carbons (Fsp3) is 0.300. The molecule has 1 rings (SSSR count). The highest BCUT2D eigenvalue weighted by Crippen LogP contribution is 2.33. The molecular formula is C10H11BrN2O4. The van der Waals surface area contributed by atoms with Crippen LogP contribution in [-0.2, 0) is 16.0 Å². The maximum Gasteiger partial charge on any atom is 0.310 e. The number of esters is 1. The summed E-state index contributed by atoms with van der Waals surface area (Å²) in [6, 6.07) is 3.05. The van der Waals surface area contributed by atoms with E-state index in [1.807, 2.05) is 0 Å². The van der Waals surface area contributed by atoms with Gasteiger partial charge in [0.2, 0.25) is 0 Å². The van der Waals surface area contributed by atoms with Crippen molar-refractivity contribution in [1.29, 1.82) is 0 Å². The van der Waals surface area contributed by atoms with Crippen molar-refractivity contribution in [2.75, 3.05) is 12.3 Å². The first kappa shape index (κ1) is 13.4. The SMILES string of the molecule is CCOC(=O)Cc1ccc(Br)c([N+](=O)[O-])c1N. The summed E-state index contributed by atoms with van der Waals surface area (Å²) in [4.78, 5) is 21.5. The summed E-state index contributed by atoms with van der Waals surface area (Å²) in [6.07, 6.45) is -0.0756. The average Bonchev–Trinajstić information content (AvgIpc) is 2.22. The molecule has 0 saturated heterocycles. The summed E-state index contributed by atoms with van der Waals surface area (Å²) in [5, 5.41) is 10.8. The van der Waals surface area contributed by atoms with Gasteiger partial charge >= 0.3 is 11.7 Å². The van der Waals surface area contributed by atoms with Crippen LogP contribution in [0.25, 0.3) is 0 Å². The number of nitrogens with two attached hydrogens (primary N) is 1. The van der Waals surface area contributed by atoms with E-state index in [4.69, 9.17) is 10.5 Å². The van der Waals surface area contributed by atoms with E-state index in [0.717, 1.165) is 0 Å². The number of anilines is 1. The Hall–Kier alpha value is -1.63. The number of halogens is 1. The second-order valence-corrected chi connectivity index (χ2v) is 4.06. The van der Waals surface area contributed by atoms with Gasteiger partial charge in [-0.3, -0.25) is 14.9 Å². The summed E-state index contributed by atoms with van der Waals surface area (Å²) >= 11 is 3.04. The fourth-order valence-corrected chi connectivity index (χ4v) is 1.82. The van der Waals surface area contributed by atoms with Gasteiger partial charge < -0.3 is 10.5 Å². The maximum absolute atomic E-state index is 11.3. The van der Waals surface area contributed by atoms with Crippen LogP contribution < -0.4 is 5.73 Å². The van der Waals surface area contributed by atoms with Gasteiger partial charge in [-0.2, -0.15) is 0 Å². The van der Waals surface area contributed by atoms with E-state index in [9.17, 15) is 14.9 Å². The average molecular weight is 303 g/mol. The number of hydrogen-bond acceptors (Lipinski definition) is 5. The molecule has 6 nitrogen and oxygen atoms in total. The van der Waals surface area contributed by atoms with Crippen molar-refractivity contribution in [1.82, 2.24) is 0 Å². The van der Waals surface area contributed by atoms with E-state index in [1.54, 1.807) is 13.0 Å². The van der Waals surface area contributed by atoms with Crippen molar-refractivity contribution in [2.45, 2.75) is 13.3 Å². The van der Waals surface area contributed by atoms with E-state index in [2.05, 4.69) is 15.9 Å². The van der Waals surface area contributed by atoms with Gasteiger partial charge in [-0.25, -0.2) is 0 Å². The number of ether oxygens (including phenoxy) is 1. The smallest absolute Gasteiger partial charge is 0.310 e. The third-order valence-corrected chi connectivity index (χ3v) is 2.72. The maximum atomic E-state index is 11.3. The second kappa shape index (κ2) is 5.62. The lowest BCUT2D eigenvalue weighted by atomic mass is 10.1. The Bertz CT molecular complexity index is 462. The number of nitro groups is 1. The Morgan fingerprint density at radius 3 is 2.76 bits per heavy atom. The summed E-state index contributed by atoms with van der Waals surface area (Å²) < 4.78 is 5.04. The number of carbonyl (C=O) groups is 1. The molecule has 0 heterocycles. The first-order chi connectivity index (χ1) is 7.97. The predicted octanol–water partition coefficient (Wildman–Crippen LogP) is 2.05. The minimum Gasteiger partial charge on any atom is -0.466 e. The van der Waals surface area contributed by atoms with Gasteiger partial charge in [-0.1, -0.05) is 6.07 Å². The normalized spacial score (nSPS) is 10.0. The van der Waals surface area contributed by atoms with Crippen molar-refractivity contribution < 1.29 is 14.5 Å². The number of rotatable bonds is 4. The molecule has 92 valence electrons. The van der Waals surface area contributed by atoms with Gasteiger partial charge in [0.15, 0.2) is 0 Å². The topological polar surface area (TPSA) is 95.5 Å². The van der Waals surface area contributed by atoms with Crippen molar-refractivity contribution >= 4 is 33.3 Å². The Labute approximate surface area is 106 Å². The van der Waals surface area contributed by atoms with E-state index >= 15 is 0 Å². The Kier molecular flexibility index (Phi) is 4.45. The third-order valence-electron chi connectivity index (χ3n) is 2.08. The number of hydrogen-bond donors (Lipinski definition) is 1. The van der Waals surface area contributed by atoms with E-state index in [0.29, 0.717) is 5.56 Å². The van der Waals surface area contributed by atoms with Crippen molar-refractivity contribution in [3.63, 3.8) is 0 Å². The molecular weight excluding hydrogens is 292 g/mol. The first-order valence-electron chi connectivity index (χ1n) is 4.84. The number of nitro benzene ring substituents is 1. The monoisotopic (exact) mass is 302 g/mol. The molecule has 0 bridgehead atoms. The molecule has 0 amide bonds. The zero-order valence-electron chi connectivity index (χ0n) is 9.10. The molecule has 0 aliphatic heterocycles. The summed E-state index contributed by atoms with van der Waals surface area (Å²) in [7, 11) is 0. The lowest BCUT2D eigenvalue weighted by Crippen LogP contribution is -2.10. The van der Waals surface area contributed by atoms with Crippen LogP contribution in [0.3, 0.4) is 0 Å². The molecule has 0 aliphatic rings. The highest BCUT2D eigenvalue weighted by atomic mass is 79.9. The minimum atomic E-state index is -0.589. The van der Waals surface area contributed by atoms with E-state index < -0.39 is 10.9 Å². The number of benzene rings is 1. The van der Waals surface area contributed by atoms with Crippen LogP contribution in [0.15, 0.2) is 16.6 Å². The van der Waals surface area contributed by atoms with Gasteiger partial charge in [0.25, 0.3) is 0 Å². The highest BCUT2D eigenvalue weighted by molar-refractivity contribution is 9.10. The molecule has 0 saturated carbocycles. The lowest BCUT2D eigenvalue weighted by molar-refractivity contribution is -0.384. The zero-order chi connectivity index (χ0) is 13.0. The molecule has 1 aromatic rings. The molecule has 0 unspecified atom stereocenters. The van der Waals surface area contributed by atoms with Crippen LogP contribution in [0.1, 0.15) is 12.5 Å². The minimum absolute atomic E-state index is 0.0163. The lowest BCUT2D eigenvalue weighted by Gasteiger charge is -2.07. The van der Waals surface area contributed by atoms with Crippen LogP contribution in [0.4, 0.5) is 11.4 Å². The molecule has 1 aromatic carbocycles. The van der Waals surface area contributed by atoms with Crippen LogP contribution in [-0.4, -0.2) is 17.5 Å². The summed E-state index contributed by atoms with van der Waals surface area (Å²) in [6.45, 7) is 1.95. The molecule has 17 heavy (non-hydrogen) atoms. The Balaban J connectivity index is 3.07. The summed E-state index contributed by atoms with van der Waals surface area (Å²) in [5.74, 6) is -0.462. The Morgan fingerprint density at radius 2 is 2.24 bits per heavy atom. The van der Waals surface area contributed by atoms with Gasteiger partial charge in [-0.15, -0.1) is 0 Å². The molecule has 0 radical (unpaired) electrons. The molecule has 0 aromatic heterocycles. The zero-order valence-corrected chi connectivity index (χ0v) is 10.7. The van der Waals surface area contributed by atoms with Crippen LogP contribution >= 0.6 is 15.9 Å². The van der Waals surface area contributed by atoms with Crippen molar-refractivity contribution in [3.8, 4) is 0 Å². The van der Waals surface area contributed by atoms with Crippen molar-refractivity contribution in [2.24, 2.45) is 0 Å². The van der Waals surface area contributed by atoms with Gasteiger partial charge in [0, 0.05) is 0 Å². The number of nitrogen functional groups attached to an aromatic ring is 1. The highest BCUT2D eigenvalue weighted by Gasteiger charge is 2.20. The largest absolute Gasteiger partial charge is 0.466 e. The summed E-state index contributed by atoms with van der Waals surface area (Å²) in [5.41, 5.74) is 5.79. The van der Waals surface area contributed by atoms with Gasteiger partial charge in [0.1, 0.15) is 5.69 Å². The first-order valence-corrected chi connectivity index (χ1v) is 5.63. The van der Waals surface area contributed by atoms with Crippen LogP contribution in [0.5, 0.6) is 0 Å². The molecule has 0 aliphatic carbocycles. The standard InChI is InChI=1S/C10H11BrN2O4/c1-2-17-8(14)5-6-3-4-7(11)10(9(6)12)13(15)16/h3-4H,2,5,12H2,1H3. The molecule has 2 N–H and O–H groups in total. The van der Waals surface area contributed by atoms with E-state index in [1.165, 1.54) is 6.07 Å². The quantitative estimate of drug-likeness (QED) is 0.397. The molecule has 0 spiro atoms. The predicted molar refractivity (Wildman–Crippen MR) is 65.5 cm³/mol. The van der Waals surface area contributed by atoms with Crippen LogP contribution in [0.2, 0.25) is 0 Å². The van der Waals surface area contributed by atoms with Crippen molar-refractivity contribution in [3.05, 3.63) is 32.3 Å². The fourth-order valence-electron chi connectivity index (χ4n) is 1.33. The number of carbonyl (C=O) groups excluding carboxylic acids is 1. The number of nitrogens with zero attached hydrogens (tertiary/aromatic N) is 1. The molecule has 0 atom stereocenters. The van der Waals surface area contributed by atoms with Gasteiger partial charge in [0.05, 0.1) is 22.4 Å².